The van der Waals surface area contributed by atoms with E-state index in [1.54, 1.807) is 29.0 Å². The molecule has 4 rings (SSSR count). The second-order valence-electron chi connectivity index (χ2n) is 6.16. The topological polar surface area (TPSA) is 54.9 Å². The SMILES string of the molecule is C[C@H](NC(=O)CSc1ncnc2sc3c(c12)CCCC3)c1cccs1. The minimum Gasteiger partial charge on any atom is -0.348 e. The molecule has 0 bridgehead atoms. The van der Waals surface area contributed by atoms with Crippen LogP contribution in [0.2, 0.25) is 0 Å². The average molecular weight is 390 g/mol. The van der Waals surface area contributed by atoms with Crippen molar-refractivity contribution in [2.24, 2.45) is 0 Å². The first-order chi connectivity index (χ1) is 12.2. The number of thioether (sulfide) groups is 1. The molecule has 3 aromatic rings. The lowest BCUT2D eigenvalue weighted by molar-refractivity contribution is -0.119. The molecule has 25 heavy (non-hydrogen) atoms. The zero-order chi connectivity index (χ0) is 17.2. The first kappa shape index (κ1) is 17.0. The Labute approximate surface area is 159 Å². The fourth-order valence-corrected chi connectivity index (χ4v) is 6.06. The standard InChI is InChI=1S/C18H19N3OS3/c1-11(13-7-4-8-23-13)21-15(22)9-24-17-16-12-5-2-3-6-14(12)25-18(16)20-10-19-17/h4,7-8,10-11H,2-3,5-6,9H2,1H3,(H,21,22)/t11-/m0/s1. The van der Waals surface area contributed by atoms with Crippen LogP contribution in [0.5, 0.6) is 0 Å². The van der Waals surface area contributed by atoms with Gasteiger partial charge in [0.2, 0.25) is 5.91 Å². The number of amides is 1. The van der Waals surface area contributed by atoms with E-state index in [-0.39, 0.29) is 11.9 Å². The van der Waals surface area contributed by atoms with Crippen molar-refractivity contribution in [1.82, 2.24) is 15.3 Å². The van der Waals surface area contributed by atoms with E-state index in [1.807, 2.05) is 24.4 Å². The summed E-state index contributed by atoms with van der Waals surface area (Å²) < 4.78 is 0. The zero-order valence-electron chi connectivity index (χ0n) is 13.9. The van der Waals surface area contributed by atoms with Crippen molar-refractivity contribution in [3.05, 3.63) is 39.2 Å². The lowest BCUT2D eigenvalue weighted by Crippen LogP contribution is -2.27. The monoisotopic (exact) mass is 389 g/mol. The molecule has 1 aliphatic carbocycles. The largest absolute Gasteiger partial charge is 0.348 e. The predicted octanol–water partition coefficient (Wildman–Crippen LogP) is 4.60. The predicted molar refractivity (Wildman–Crippen MR) is 106 cm³/mol. The Morgan fingerprint density at radius 1 is 1.36 bits per heavy atom. The van der Waals surface area contributed by atoms with Gasteiger partial charge in [-0.2, -0.15) is 0 Å². The van der Waals surface area contributed by atoms with Crippen LogP contribution in [0.25, 0.3) is 10.2 Å². The van der Waals surface area contributed by atoms with Crippen LogP contribution in [0.3, 0.4) is 0 Å². The van der Waals surface area contributed by atoms with Gasteiger partial charge in [0.25, 0.3) is 0 Å². The minimum absolute atomic E-state index is 0.0433. The van der Waals surface area contributed by atoms with Gasteiger partial charge < -0.3 is 5.32 Å². The van der Waals surface area contributed by atoms with Crippen molar-refractivity contribution in [2.75, 3.05) is 5.75 Å². The van der Waals surface area contributed by atoms with Gasteiger partial charge in [0.1, 0.15) is 16.2 Å². The Kier molecular flexibility index (Phi) is 5.05. The van der Waals surface area contributed by atoms with Crippen molar-refractivity contribution >= 4 is 50.6 Å². The zero-order valence-corrected chi connectivity index (χ0v) is 16.4. The van der Waals surface area contributed by atoms with Crippen molar-refractivity contribution in [3.63, 3.8) is 0 Å². The van der Waals surface area contributed by atoms with E-state index < -0.39 is 0 Å². The molecule has 1 amide bonds. The summed E-state index contributed by atoms with van der Waals surface area (Å²) in [6.07, 6.45) is 6.38. The molecule has 1 atom stereocenters. The minimum atomic E-state index is 0.0433. The summed E-state index contributed by atoms with van der Waals surface area (Å²) in [6.45, 7) is 2.02. The summed E-state index contributed by atoms with van der Waals surface area (Å²) in [5, 5.41) is 7.23. The van der Waals surface area contributed by atoms with Crippen LogP contribution in [-0.2, 0) is 17.6 Å². The number of hydrogen-bond donors (Lipinski definition) is 1. The van der Waals surface area contributed by atoms with Crippen LogP contribution in [0.1, 0.15) is 41.1 Å². The fourth-order valence-electron chi connectivity index (χ4n) is 3.20. The number of carbonyl (C=O) groups is 1. The number of carbonyl (C=O) groups excluding carboxylic acids is 1. The fraction of sp³-hybridized carbons (Fsp3) is 0.389. The molecule has 0 saturated heterocycles. The van der Waals surface area contributed by atoms with Gasteiger partial charge in [-0.25, -0.2) is 9.97 Å². The van der Waals surface area contributed by atoms with E-state index in [9.17, 15) is 4.79 Å². The van der Waals surface area contributed by atoms with Gasteiger partial charge in [0, 0.05) is 15.1 Å². The molecule has 3 heterocycles. The Hall–Kier alpha value is -1.44. The summed E-state index contributed by atoms with van der Waals surface area (Å²) in [7, 11) is 0. The summed E-state index contributed by atoms with van der Waals surface area (Å²) in [5.74, 6) is 0.425. The first-order valence-corrected chi connectivity index (χ1v) is 11.1. The molecule has 0 saturated carbocycles. The summed E-state index contributed by atoms with van der Waals surface area (Å²) in [4.78, 5) is 24.9. The third-order valence-electron chi connectivity index (χ3n) is 4.40. The third kappa shape index (κ3) is 3.59. The molecule has 0 unspecified atom stereocenters. The van der Waals surface area contributed by atoms with Crippen molar-refractivity contribution in [2.45, 2.75) is 43.7 Å². The smallest absolute Gasteiger partial charge is 0.230 e. The lowest BCUT2D eigenvalue weighted by atomic mass is 9.97. The van der Waals surface area contributed by atoms with E-state index in [4.69, 9.17) is 0 Å². The quantitative estimate of drug-likeness (QED) is 0.512. The molecule has 0 fully saturated rings. The van der Waals surface area contributed by atoms with Crippen molar-refractivity contribution < 1.29 is 4.79 Å². The second-order valence-corrected chi connectivity index (χ2v) is 9.19. The molecular formula is C18H19N3OS3. The number of thiophene rings is 2. The summed E-state index contributed by atoms with van der Waals surface area (Å²) in [5.41, 5.74) is 1.42. The van der Waals surface area contributed by atoms with Gasteiger partial charge in [0.15, 0.2) is 0 Å². The molecule has 0 spiro atoms. The Bertz CT molecular complexity index is 888. The highest BCUT2D eigenvalue weighted by atomic mass is 32.2. The van der Waals surface area contributed by atoms with E-state index in [2.05, 4.69) is 15.3 Å². The van der Waals surface area contributed by atoms with Crippen LogP contribution < -0.4 is 5.32 Å². The van der Waals surface area contributed by atoms with Crippen LogP contribution in [0, 0.1) is 0 Å². The third-order valence-corrected chi connectivity index (χ3v) is 7.65. The number of aromatic nitrogens is 2. The number of hydrogen-bond acceptors (Lipinski definition) is 6. The summed E-state index contributed by atoms with van der Waals surface area (Å²) in [6, 6.07) is 4.11. The van der Waals surface area contributed by atoms with Gasteiger partial charge in [-0.3, -0.25) is 4.79 Å². The normalized spacial score (nSPS) is 15.1. The van der Waals surface area contributed by atoms with E-state index >= 15 is 0 Å². The Balaban J connectivity index is 1.47. The molecular weight excluding hydrogens is 370 g/mol. The average Bonchev–Trinajstić information content (AvgIpc) is 3.27. The molecule has 1 aliphatic rings. The number of nitrogens with zero attached hydrogens (tertiary/aromatic N) is 2. The van der Waals surface area contributed by atoms with E-state index in [1.165, 1.54) is 45.3 Å². The first-order valence-electron chi connectivity index (χ1n) is 8.43. The van der Waals surface area contributed by atoms with E-state index in [0.29, 0.717) is 5.75 Å². The molecule has 0 aromatic carbocycles. The Morgan fingerprint density at radius 3 is 3.08 bits per heavy atom. The summed E-state index contributed by atoms with van der Waals surface area (Å²) >= 11 is 4.98. The number of rotatable bonds is 5. The van der Waals surface area contributed by atoms with Crippen molar-refractivity contribution in [3.8, 4) is 0 Å². The maximum atomic E-state index is 12.3. The highest BCUT2D eigenvalue weighted by molar-refractivity contribution is 8.00. The lowest BCUT2D eigenvalue weighted by Gasteiger charge is -2.13. The molecule has 0 aliphatic heterocycles. The van der Waals surface area contributed by atoms with Gasteiger partial charge in [-0.15, -0.1) is 22.7 Å². The number of fused-ring (bicyclic) bond motifs is 3. The molecule has 130 valence electrons. The highest BCUT2D eigenvalue weighted by Crippen LogP contribution is 2.39. The van der Waals surface area contributed by atoms with Crippen LogP contribution >= 0.6 is 34.4 Å². The second kappa shape index (κ2) is 7.43. The maximum absolute atomic E-state index is 12.3. The molecule has 1 N–H and O–H groups in total. The van der Waals surface area contributed by atoms with Crippen LogP contribution in [0.4, 0.5) is 0 Å². The molecule has 4 nitrogen and oxygen atoms in total. The molecule has 3 aromatic heterocycles. The van der Waals surface area contributed by atoms with Gasteiger partial charge >= 0.3 is 0 Å². The van der Waals surface area contributed by atoms with Crippen LogP contribution in [-0.4, -0.2) is 21.6 Å². The van der Waals surface area contributed by atoms with Gasteiger partial charge in [0.05, 0.1) is 11.8 Å². The maximum Gasteiger partial charge on any atom is 0.230 e. The number of aryl methyl sites for hydroxylation is 2. The highest BCUT2D eigenvalue weighted by Gasteiger charge is 2.20. The Morgan fingerprint density at radius 2 is 2.24 bits per heavy atom. The van der Waals surface area contributed by atoms with Crippen molar-refractivity contribution in [1.29, 1.82) is 0 Å². The van der Waals surface area contributed by atoms with Gasteiger partial charge in [-0.1, -0.05) is 17.8 Å². The molecule has 7 heteroatoms. The molecule has 0 radical (unpaired) electrons. The van der Waals surface area contributed by atoms with Gasteiger partial charge in [-0.05, 0) is 49.6 Å². The van der Waals surface area contributed by atoms with E-state index in [0.717, 1.165) is 22.7 Å². The van der Waals surface area contributed by atoms with Crippen LogP contribution in [0.15, 0.2) is 28.9 Å². The number of nitrogens with one attached hydrogen (secondary N) is 1.